The van der Waals surface area contributed by atoms with Gasteiger partial charge in [0.1, 0.15) is 11.5 Å². The first-order valence-corrected chi connectivity index (χ1v) is 9.97. The van der Waals surface area contributed by atoms with Crippen LogP contribution in [0.25, 0.3) is 0 Å². The van der Waals surface area contributed by atoms with Crippen LogP contribution in [0.3, 0.4) is 0 Å². The van der Waals surface area contributed by atoms with E-state index in [9.17, 15) is 4.79 Å². The number of benzene rings is 2. The molecule has 0 aromatic heterocycles. The van der Waals surface area contributed by atoms with Crippen LogP contribution in [0.5, 0.6) is 11.5 Å². The third kappa shape index (κ3) is 8.17. The zero-order valence-electron chi connectivity index (χ0n) is 16.0. The quantitative estimate of drug-likeness (QED) is 0.493. The standard InChI is InChI=1S/C21H26N2O3S/c1-16(2)13-26-20-10-4-17(5-11-20)12-22-23-21(24)15-27-14-18-6-8-19(25-3)9-7-18/h4-12,16H,13-15H2,1-3H3,(H,23,24)/b22-12-. The van der Waals surface area contributed by atoms with Gasteiger partial charge in [-0.3, -0.25) is 4.79 Å². The van der Waals surface area contributed by atoms with E-state index in [1.165, 1.54) is 0 Å². The van der Waals surface area contributed by atoms with Gasteiger partial charge in [-0.05, 0) is 53.4 Å². The van der Waals surface area contributed by atoms with Crippen LogP contribution < -0.4 is 14.9 Å². The zero-order chi connectivity index (χ0) is 19.5. The highest BCUT2D eigenvalue weighted by molar-refractivity contribution is 7.99. The second-order valence-electron chi connectivity index (χ2n) is 6.41. The fourth-order valence-corrected chi connectivity index (χ4v) is 2.89. The molecule has 6 heteroatoms. The van der Waals surface area contributed by atoms with Crippen molar-refractivity contribution in [1.82, 2.24) is 5.43 Å². The normalized spacial score (nSPS) is 11.0. The van der Waals surface area contributed by atoms with E-state index in [1.54, 1.807) is 25.1 Å². The van der Waals surface area contributed by atoms with Gasteiger partial charge in [0.25, 0.3) is 0 Å². The molecule has 0 aliphatic carbocycles. The Morgan fingerprint density at radius 3 is 2.41 bits per heavy atom. The first-order valence-electron chi connectivity index (χ1n) is 8.82. The number of rotatable bonds is 10. The Morgan fingerprint density at radius 1 is 1.11 bits per heavy atom. The van der Waals surface area contributed by atoms with E-state index in [0.717, 1.165) is 28.4 Å². The molecule has 0 heterocycles. The molecule has 1 N–H and O–H groups in total. The van der Waals surface area contributed by atoms with Crippen molar-refractivity contribution in [3.05, 3.63) is 59.7 Å². The largest absolute Gasteiger partial charge is 0.497 e. The minimum atomic E-state index is -0.123. The molecule has 1 amide bonds. The molecule has 0 aliphatic rings. The maximum Gasteiger partial charge on any atom is 0.250 e. The number of carbonyl (C=O) groups is 1. The molecule has 0 bridgehead atoms. The van der Waals surface area contributed by atoms with Crippen molar-refractivity contribution in [3.63, 3.8) is 0 Å². The highest BCUT2D eigenvalue weighted by Gasteiger charge is 2.01. The molecule has 0 atom stereocenters. The average molecular weight is 387 g/mol. The zero-order valence-corrected chi connectivity index (χ0v) is 16.8. The number of hydrazone groups is 1. The smallest absolute Gasteiger partial charge is 0.250 e. The van der Waals surface area contributed by atoms with E-state index < -0.39 is 0 Å². The summed E-state index contributed by atoms with van der Waals surface area (Å²) in [5.74, 6) is 3.14. The van der Waals surface area contributed by atoms with Gasteiger partial charge in [0.2, 0.25) is 5.91 Å². The topological polar surface area (TPSA) is 59.9 Å². The summed E-state index contributed by atoms with van der Waals surface area (Å²) in [5, 5.41) is 4.00. The van der Waals surface area contributed by atoms with Crippen LogP contribution in [0.4, 0.5) is 0 Å². The minimum Gasteiger partial charge on any atom is -0.497 e. The SMILES string of the molecule is COc1ccc(CSCC(=O)N/N=C\c2ccc(OCC(C)C)cc2)cc1. The Labute approximate surface area is 165 Å². The Kier molecular flexibility index (Phi) is 8.71. The van der Waals surface area contributed by atoms with Gasteiger partial charge in [0.15, 0.2) is 0 Å². The maximum absolute atomic E-state index is 11.8. The van der Waals surface area contributed by atoms with Crippen LogP contribution >= 0.6 is 11.8 Å². The molecular weight excluding hydrogens is 360 g/mol. The predicted octanol–water partition coefficient (Wildman–Crippen LogP) is 4.11. The molecule has 0 fully saturated rings. The van der Waals surface area contributed by atoms with Crippen molar-refractivity contribution in [1.29, 1.82) is 0 Å². The van der Waals surface area contributed by atoms with Crippen molar-refractivity contribution in [3.8, 4) is 11.5 Å². The van der Waals surface area contributed by atoms with Gasteiger partial charge >= 0.3 is 0 Å². The van der Waals surface area contributed by atoms with Crippen molar-refractivity contribution in [2.45, 2.75) is 19.6 Å². The summed E-state index contributed by atoms with van der Waals surface area (Å²) in [4.78, 5) is 11.8. The molecule has 0 aliphatic heterocycles. The number of hydrogen-bond acceptors (Lipinski definition) is 5. The maximum atomic E-state index is 11.8. The molecule has 0 spiro atoms. The Morgan fingerprint density at radius 2 is 1.78 bits per heavy atom. The Bertz CT molecular complexity index is 728. The summed E-state index contributed by atoms with van der Waals surface area (Å²) < 4.78 is 10.8. The number of nitrogens with one attached hydrogen (secondary N) is 1. The summed E-state index contributed by atoms with van der Waals surface area (Å²) >= 11 is 1.54. The number of thioether (sulfide) groups is 1. The van der Waals surface area contributed by atoms with Crippen LogP contribution in [0.2, 0.25) is 0 Å². The van der Waals surface area contributed by atoms with E-state index in [2.05, 4.69) is 24.4 Å². The van der Waals surface area contributed by atoms with Crippen LogP contribution in [0.1, 0.15) is 25.0 Å². The summed E-state index contributed by atoms with van der Waals surface area (Å²) in [6.07, 6.45) is 1.62. The second-order valence-corrected chi connectivity index (χ2v) is 7.39. The Hall–Kier alpha value is -2.47. The van der Waals surface area contributed by atoms with Gasteiger partial charge in [-0.2, -0.15) is 5.10 Å². The third-order valence-corrected chi connectivity index (χ3v) is 4.53. The van der Waals surface area contributed by atoms with Gasteiger partial charge in [-0.1, -0.05) is 26.0 Å². The highest BCUT2D eigenvalue weighted by Crippen LogP contribution is 2.16. The lowest BCUT2D eigenvalue weighted by Crippen LogP contribution is -2.19. The molecule has 2 aromatic rings. The minimum absolute atomic E-state index is 0.123. The molecule has 5 nitrogen and oxygen atoms in total. The van der Waals surface area contributed by atoms with Gasteiger partial charge in [0.05, 0.1) is 25.7 Å². The van der Waals surface area contributed by atoms with Crippen molar-refractivity contribution in [2.24, 2.45) is 11.0 Å². The number of nitrogens with zero attached hydrogens (tertiary/aromatic N) is 1. The number of ether oxygens (including phenoxy) is 2. The first kappa shape index (κ1) is 20.8. The number of carbonyl (C=O) groups excluding carboxylic acids is 1. The van der Waals surface area contributed by atoms with Gasteiger partial charge in [-0.25, -0.2) is 5.43 Å². The number of amides is 1. The molecule has 0 radical (unpaired) electrons. The molecule has 2 rings (SSSR count). The molecular formula is C21H26N2O3S. The molecule has 0 saturated heterocycles. The Balaban J connectivity index is 1.68. The number of methoxy groups -OCH3 is 1. The fraction of sp³-hybridized carbons (Fsp3) is 0.333. The lowest BCUT2D eigenvalue weighted by molar-refractivity contribution is -0.118. The third-order valence-electron chi connectivity index (χ3n) is 3.53. The molecule has 0 unspecified atom stereocenters. The van der Waals surface area contributed by atoms with Crippen molar-refractivity contribution in [2.75, 3.05) is 19.5 Å². The predicted molar refractivity (Wildman–Crippen MR) is 112 cm³/mol. The first-order chi connectivity index (χ1) is 13.1. The molecule has 0 saturated carbocycles. The van der Waals surface area contributed by atoms with E-state index in [4.69, 9.17) is 9.47 Å². The summed E-state index contributed by atoms with van der Waals surface area (Å²) in [6.45, 7) is 4.91. The van der Waals surface area contributed by atoms with E-state index in [-0.39, 0.29) is 5.91 Å². The van der Waals surface area contributed by atoms with Crippen molar-refractivity contribution < 1.29 is 14.3 Å². The highest BCUT2D eigenvalue weighted by atomic mass is 32.2. The second kappa shape index (κ2) is 11.3. The average Bonchev–Trinajstić information content (AvgIpc) is 2.68. The lowest BCUT2D eigenvalue weighted by atomic mass is 10.2. The van der Waals surface area contributed by atoms with Gasteiger partial charge < -0.3 is 9.47 Å². The van der Waals surface area contributed by atoms with E-state index in [0.29, 0.717) is 18.3 Å². The van der Waals surface area contributed by atoms with E-state index in [1.807, 2.05) is 48.5 Å². The van der Waals surface area contributed by atoms with Crippen LogP contribution in [0.15, 0.2) is 53.6 Å². The van der Waals surface area contributed by atoms with Gasteiger partial charge in [0, 0.05) is 5.75 Å². The number of hydrogen-bond donors (Lipinski definition) is 1. The summed E-state index contributed by atoms with van der Waals surface area (Å²) in [5.41, 5.74) is 4.60. The van der Waals surface area contributed by atoms with Crippen molar-refractivity contribution >= 4 is 23.9 Å². The monoisotopic (exact) mass is 386 g/mol. The molecule has 2 aromatic carbocycles. The molecule has 27 heavy (non-hydrogen) atoms. The van der Waals surface area contributed by atoms with E-state index >= 15 is 0 Å². The lowest BCUT2D eigenvalue weighted by Gasteiger charge is -2.08. The summed E-state index contributed by atoms with van der Waals surface area (Å²) in [7, 11) is 1.64. The van der Waals surface area contributed by atoms with Crippen LogP contribution in [0, 0.1) is 5.92 Å². The summed E-state index contributed by atoms with van der Waals surface area (Å²) in [6, 6.07) is 15.4. The van der Waals surface area contributed by atoms with Crippen LogP contribution in [-0.4, -0.2) is 31.6 Å². The van der Waals surface area contributed by atoms with Crippen LogP contribution in [-0.2, 0) is 10.5 Å². The molecule has 144 valence electrons. The fourth-order valence-electron chi connectivity index (χ4n) is 2.11. The van der Waals surface area contributed by atoms with Gasteiger partial charge in [-0.15, -0.1) is 11.8 Å².